The number of amides is 1. The van der Waals surface area contributed by atoms with Crippen LogP contribution < -0.4 is 15.2 Å². The zero-order valence-corrected chi connectivity index (χ0v) is 18.9. The van der Waals surface area contributed by atoms with E-state index in [1.807, 2.05) is 37.3 Å². The van der Waals surface area contributed by atoms with Crippen molar-refractivity contribution in [2.45, 2.75) is 25.4 Å². The fourth-order valence-corrected chi connectivity index (χ4v) is 4.68. The Balaban J connectivity index is 1.84. The van der Waals surface area contributed by atoms with Crippen LogP contribution in [0.4, 0.5) is 8.78 Å². The van der Waals surface area contributed by atoms with Crippen molar-refractivity contribution >= 4 is 5.91 Å². The number of carbonyl (C=O) groups excluding carboxylic acids is 1. The third-order valence-corrected chi connectivity index (χ3v) is 6.38. The summed E-state index contributed by atoms with van der Waals surface area (Å²) in [6.07, 6.45) is 5.35. The number of hydrogen-bond acceptors (Lipinski definition) is 5. The molecule has 0 aliphatic carbocycles. The van der Waals surface area contributed by atoms with Crippen LogP contribution in [0.5, 0.6) is 11.5 Å². The number of benzene rings is 2. The fraction of sp³-hybridized carbons (Fsp3) is 0.231. The Hall–Kier alpha value is -4.14. The first-order valence-corrected chi connectivity index (χ1v) is 11.3. The Labute approximate surface area is 200 Å². The summed E-state index contributed by atoms with van der Waals surface area (Å²) in [6.45, 7) is 1.91. The average molecular weight is 479 g/mol. The van der Waals surface area contributed by atoms with Crippen molar-refractivity contribution in [1.82, 2.24) is 9.58 Å². The molecule has 2 atom stereocenters. The number of aromatic nitrogens is 1. The number of aromatic hydroxyl groups is 1. The van der Waals surface area contributed by atoms with Crippen LogP contribution in [-0.2, 0) is 0 Å². The van der Waals surface area contributed by atoms with Crippen LogP contribution in [0.2, 0.25) is 0 Å². The SMILES string of the molecule is CC[C@@H]1/C=C/COc2c(ccc(F)c2F)[C@@H](c2ccccc2)N2CN1C(=O)c1c(O)c(=O)ccn12. The molecular formula is C26H23F2N3O4. The highest BCUT2D eigenvalue weighted by Gasteiger charge is 2.40. The van der Waals surface area contributed by atoms with E-state index >= 15 is 4.39 Å². The quantitative estimate of drug-likeness (QED) is 0.568. The van der Waals surface area contributed by atoms with Crippen molar-refractivity contribution in [3.05, 3.63) is 106 Å². The highest BCUT2D eigenvalue weighted by atomic mass is 19.2. The molecule has 1 aromatic heterocycles. The van der Waals surface area contributed by atoms with E-state index < -0.39 is 40.8 Å². The van der Waals surface area contributed by atoms with Gasteiger partial charge in [-0.3, -0.25) is 19.3 Å². The number of pyridine rings is 1. The summed E-state index contributed by atoms with van der Waals surface area (Å²) < 4.78 is 36.5. The molecule has 5 rings (SSSR count). The zero-order chi connectivity index (χ0) is 24.7. The second kappa shape index (κ2) is 8.90. The van der Waals surface area contributed by atoms with E-state index in [-0.39, 0.29) is 24.7 Å². The molecule has 7 nitrogen and oxygen atoms in total. The molecule has 0 unspecified atom stereocenters. The van der Waals surface area contributed by atoms with Gasteiger partial charge < -0.3 is 14.7 Å². The standard InChI is InChI=1S/C26H23F2N3O4/c1-2-17-9-6-14-35-25-18(10-11-19(27)21(25)28)22(16-7-4-3-5-8-16)31-15-29(17)26(34)23-24(33)20(32)12-13-30(23)31/h3-13,17,22,33H,2,14-15H2,1H3/b9-6+/t17-,22-/m1/s1. The lowest BCUT2D eigenvalue weighted by Gasteiger charge is -2.45. The van der Waals surface area contributed by atoms with Gasteiger partial charge in [-0.1, -0.05) is 43.3 Å². The Morgan fingerprint density at radius 3 is 2.60 bits per heavy atom. The first kappa shape index (κ1) is 22.6. The molecule has 0 saturated heterocycles. The minimum atomic E-state index is -1.11. The van der Waals surface area contributed by atoms with Crippen LogP contribution in [0.3, 0.4) is 0 Å². The number of ether oxygens (including phenoxy) is 1. The number of fused-ring (bicyclic) bond motifs is 5. The number of nitrogens with zero attached hydrogens (tertiary/aromatic N) is 3. The van der Waals surface area contributed by atoms with E-state index in [1.165, 1.54) is 16.9 Å². The van der Waals surface area contributed by atoms with Crippen LogP contribution in [0.1, 0.15) is 41.0 Å². The Bertz CT molecular complexity index is 1370. The van der Waals surface area contributed by atoms with Crippen LogP contribution in [-0.4, -0.2) is 39.9 Å². The number of halogens is 2. The lowest BCUT2D eigenvalue weighted by atomic mass is 9.96. The predicted octanol–water partition coefficient (Wildman–Crippen LogP) is 3.70. The second-order valence-electron chi connectivity index (χ2n) is 8.39. The number of rotatable bonds is 2. The van der Waals surface area contributed by atoms with Crippen LogP contribution in [0, 0.1) is 11.6 Å². The van der Waals surface area contributed by atoms with E-state index in [0.29, 0.717) is 17.5 Å². The van der Waals surface area contributed by atoms with Gasteiger partial charge in [-0.25, -0.2) is 4.39 Å². The second-order valence-corrected chi connectivity index (χ2v) is 8.39. The van der Waals surface area contributed by atoms with E-state index in [1.54, 1.807) is 22.1 Å². The van der Waals surface area contributed by atoms with Crippen molar-refractivity contribution < 1.29 is 23.4 Å². The zero-order valence-electron chi connectivity index (χ0n) is 18.9. The van der Waals surface area contributed by atoms with Gasteiger partial charge in [-0.05, 0) is 30.2 Å². The molecule has 2 aromatic carbocycles. The third-order valence-electron chi connectivity index (χ3n) is 6.38. The summed E-state index contributed by atoms with van der Waals surface area (Å²) in [7, 11) is 0. The predicted molar refractivity (Wildman–Crippen MR) is 125 cm³/mol. The van der Waals surface area contributed by atoms with Gasteiger partial charge in [0, 0.05) is 17.8 Å². The molecule has 35 heavy (non-hydrogen) atoms. The molecule has 1 amide bonds. The molecule has 0 spiro atoms. The molecule has 3 aromatic rings. The Morgan fingerprint density at radius 1 is 1.09 bits per heavy atom. The van der Waals surface area contributed by atoms with Gasteiger partial charge in [0.15, 0.2) is 23.0 Å². The molecule has 0 radical (unpaired) electrons. The van der Waals surface area contributed by atoms with Gasteiger partial charge in [-0.15, -0.1) is 0 Å². The van der Waals surface area contributed by atoms with Crippen molar-refractivity contribution in [3.8, 4) is 11.5 Å². The molecule has 0 fully saturated rings. The Kier molecular flexibility index (Phi) is 5.76. The molecule has 2 aliphatic heterocycles. The first-order chi connectivity index (χ1) is 16.9. The lowest BCUT2D eigenvalue weighted by Crippen LogP contribution is -2.57. The number of hydrogen-bond donors (Lipinski definition) is 1. The third kappa shape index (κ3) is 3.73. The van der Waals surface area contributed by atoms with Crippen LogP contribution in [0.25, 0.3) is 0 Å². The minimum absolute atomic E-state index is 0.0382. The van der Waals surface area contributed by atoms with Crippen LogP contribution in [0.15, 0.2) is 71.7 Å². The molecular weight excluding hydrogens is 456 g/mol. The minimum Gasteiger partial charge on any atom is -0.502 e. The van der Waals surface area contributed by atoms with Crippen molar-refractivity contribution in [1.29, 1.82) is 0 Å². The molecule has 0 saturated carbocycles. The highest BCUT2D eigenvalue weighted by molar-refractivity contribution is 5.96. The maximum atomic E-state index is 15.1. The highest BCUT2D eigenvalue weighted by Crippen LogP contribution is 2.39. The summed E-state index contributed by atoms with van der Waals surface area (Å²) >= 11 is 0. The van der Waals surface area contributed by atoms with Gasteiger partial charge in [0.2, 0.25) is 11.2 Å². The van der Waals surface area contributed by atoms with Crippen molar-refractivity contribution in [2.75, 3.05) is 18.3 Å². The van der Waals surface area contributed by atoms with Gasteiger partial charge in [-0.2, -0.15) is 4.39 Å². The lowest BCUT2D eigenvalue weighted by molar-refractivity contribution is 0.0626. The van der Waals surface area contributed by atoms with Gasteiger partial charge in [0.25, 0.3) is 5.91 Å². The summed E-state index contributed by atoms with van der Waals surface area (Å²) in [5.41, 5.74) is 0.159. The smallest absolute Gasteiger partial charge is 0.278 e. The summed E-state index contributed by atoms with van der Waals surface area (Å²) in [5, 5.41) is 12.4. The fourth-order valence-electron chi connectivity index (χ4n) is 4.68. The van der Waals surface area contributed by atoms with Crippen molar-refractivity contribution in [2.24, 2.45) is 0 Å². The maximum Gasteiger partial charge on any atom is 0.278 e. The average Bonchev–Trinajstić information content (AvgIpc) is 2.89. The van der Waals surface area contributed by atoms with E-state index in [2.05, 4.69) is 0 Å². The van der Waals surface area contributed by atoms with E-state index in [4.69, 9.17) is 4.74 Å². The van der Waals surface area contributed by atoms with E-state index in [9.17, 15) is 19.1 Å². The summed E-state index contributed by atoms with van der Waals surface area (Å²) in [6, 6.07) is 11.6. The summed E-state index contributed by atoms with van der Waals surface area (Å²) in [5.74, 6) is -3.58. The van der Waals surface area contributed by atoms with E-state index in [0.717, 1.165) is 12.1 Å². The molecule has 1 N–H and O–H groups in total. The normalized spacial score (nSPS) is 20.4. The Morgan fingerprint density at radius 2 is 1.86 bits per heavy atom. The maximum absolute atomic E-state index is 15.1. The summed E-state index contributed by atoms with van der Waals surface area (Å²) in [4.78, 5) is 27.4. The largest absolute Gasteiger partial charge is 0.502 e. The van der Waals surface area contributed by atoms with Crippen molar-refractivity contribution in [3.63, 3.8) is 0 Å². The van der Waals surface area contributed by atoms with Gasteiger partial charge >= 0.3 is 0 Å². The monoisotopic (exact) mass is 479 g/mol. The topological polar surface area (TPSA) is 75.0 Å². The van der Waals surface area contributed by atoms with Gasteiger partial charge in [0.1, 0.15) is 19.3 Å². The molecule has 2 bridgehead atoms. The first-order valence-electron chi connectivity index (χ1n) is 11.3. The molecule has 180 valence electrons. The number of carbonyl (C=O) groups is 1. The van der Waals surface area contributed by atoms with Gasteiger partial charge in [0.05, 0.1) is 6.04 Å². The molecule has 2 aliphatic rings. The van der Waals surface area contributed by atoms with Crippen LogP contribution >= 0.6 is 0 Å². The molecule has 9 heteroatoms. The molecule has 3 heterocycles.